The zero-order valence-electron chi connectivity index (χ0n) is 17.6. The van der Waals surface area contributed by atoms with Gasteiger partial charge in [-0.25, -0.2) is 0 Å². The first-order valence-corrected chi connectivity index (χ1v) is 11.8. The van der Waals surface area contributed by atoms with E-state index < -0.39 is 0 Å². The van der Waals surface area contributed by atoms with Gasteiger partial charge in [-0.1, -0.05) is 6.07 Å². The Balaban J connectivity index is 1.49. The van der Waals surface area contributed by atoms with E-state index in [1.807, 2.05) is 6.07 Å². The number of nitrogens with zero attached hydrogens (tertiary/aromatic N) is 1. The number of rotatable bonds is 6. The van der Waals surface area contributed by atoms with E-state index in [1.54, 1.807) is 0 Å². The van der Waals surface area contributed by atoms with Gasteiger partial charge in [-0.3, -0.25) is 4.99 Å². The van der Waals surface area contributed by atoms with E-state index >= 15 is 0 Å². The van der Waals surface area contributed by atoms with Gasteiger partial charge < -0.3 is 24.8 Å². The van der Waals surface area contributed by atoms with E-state index in [9.17, 15) is 0 Å². The van der Waals surface area contributed by atoms with Crippen molar-refractivity contribution in [2.75, 3.05) is 45.4 Å². The summed E-state index contributed by atoms with van der Waals surface area (Å²) >= 11 is 2.05. The van der Waals surface area contributed by atoms with Gasteiger partial charge in [0.05, 0.1) is 6.54 Å². The molecule has 0 radical (unpaired) electrons. The van der Waals surface area contributed by atoms with Crippen LogP contribution >= 0.6 is 11.8 Å². The first-order valence-electron chi connectivity index (χ1n) is 10.8. The average molecular weight is 420 g/mol. The van der Waals surface area contributed by atoms with Crippen LogP contribution in [0.2, 0.25) is 0 Å². The number of hydrogen-bond donors (Lipinski definition) is 2. The fraction of sp³-hybridized carbons (Fsp3) is 0.682. The summed E-state index contributed by atoms with van der Waals surface area (Å²) in [5.41, 5.74) is 1.29. The summed E-state index contributed by atoms with van der Waals surface area (Å²) in [4.78, 5) is 4.93. The summed E-state index contributed by atoms with van der Waals surface area (Å²) in [6.07, 6.45) is 4.51. The van der Waals surface area contributed by atoms with Crippen LogP contribution in [0.4, 0.5) is 0 Å². The Morgan fingerprint density at radius 3 is 2.72 bits per heavy atom. The Kier molecular flexibility index (Phi) is 6.44. The lowest BCUT2D eigenvalue weighted by molar-refractivity contribution is 0.0513. The van der Waals surface area contributed by atoms with Gasteiger partial charge in [-0.05, 0) is 63.0 Å². The van der Waals surface area contributed by atoms with Crippen LogP contribution < -0.4 is 20.1 Å². The zero-order valence-corrected chi connectivity index (χ0v) is 18.4. The molecule has 3 aliphatic heterocycles. The Hall–Kier alpha value is -1.60. The fourth-order valence-corrected chi connectivity index (χ4v) is 5.58. The van der Waals surface area contributed by atoms with Crippen LogP contribution in [0.3, 0.4) is 0 Å². The summed E-state index contributed by atoms with van der Waals surface area (Å²) in [6.45, 7) is 8.85. The summed E-state index contributed by atoms with van der Waals surface area (Å²) in [6, 6.07) is 6.36. The third-order valence-electron chi connectivity index (χ3n) is 6.25. The SMILES string of the molecule is CCNC(=NCC1(C)CCCS1)NCC1(c2ccc3c(c2)OCO3)CCOCC1. The van der Waals surface area contributed by atoms with Crippen LogP contribution in [0.25, 0.3) is 0 Å². The van der Waals surface area contributed by atoms with Crippen molar-refractivity contribution in [1.82, 2.24) is 10.6 Å². The van der Waals surface area contributed by atoms with Gasteiger partial charge in [0.2, 0.25) is 6.79 Å². The van der Waals surface area contributed by atoms with Crippen molar-refractivity contribution in [2.45, 2.75) is 49.7 Å². The number of guanidine groups is 1. The molecule has 3 heterocycles. The summed E-state index contributed by atoms with van der Waals surface area (Å²) in [5, 5.41) is 7.07. The topological polar surface area (TPSA) is 64.1 Å². The standard InChI is InChI=1S/C22H33N3O3S/c1-3-23-20(24-14-21(2)7-4-12-29-21)25-15-22(8-10-26-11-9-22)17-5-6-18-19(13-17)28-16-27-18/h5-6,13H,3-4,7-12,14-16H2,1-2H3,(H2,23,24,25). The van der Waals surface area contributed by atoms with Crippen LogP contribution in [0.15, 0.2) is 23.2 Å². The lowest BCUT2D eigenvalue weighted by atomic mass is 9.74. The maximum atomic E-state index is 5.69. The minimum Gasteiger partial charge on any atom is -0.454 e. The molecule has 1 aromatic rings. The lowest BCUT2D eigenvalue weighted by Gasteiger charge is -2.38. The summed E-state index contributed by atoms with van der Waals surface area (Å²) in [7, 11) is 0. The van der Waals surface area contributed by atoms with Gasteiger partial charge in [0, 0.05) is 36.5 Å². The molecule has 2 fully saturated rings. The molecule has 0 spiro atoms. The second kappa shape index (κ2) is 9.04. The highest BCUT2D eigenvalue weighted by Gasteiger charge is 2.36. The highest BCUT2D eigenvalue weighted by molar-refractivity contribution is 8.00. The molecule has 2 saturated heterocycles. The lowest BCUT2D eigenvalue weighted by Crippen LogP contribution is -2.48. The van der Waals surface area contributed by atoms with E-state index in [1.165, 1.54) is 24.2 Å². The van der Waals surface area contributed by atoms with Crippen LogP contribution in [0.5, 0.6) is 11.5 Å². The highest BCUT2D eigenvalue weighted by atomic mass is 32.2. The third kappa shape index (κ3) is 4.77. The average Bonchev–Trinajstić information content (AvgIpc) is 3.39. The monoisotopic (exact) mass is 419 g/mol. The molecule has 0 bridgehead atoms. The number of hydrogen-bond acceptors (Lipinski definition) is 5. The van der Waals surface area contributed by atoms with Gasteiger partial charge in [-0.15, -0.1) is 0 Å². The van der Waals surface area contributed by atoms with Crippen LogP contribution in [-0.4, -0.2) is 56.1 Å². The predicted octanol–water partition coefficient (Wildman–Crippen LogP) is 3.30. The molecule has 6 nitrogen and oxygen atoms in total. The van der Waals surface area contributed by atoms with Crippen molar-refractivity contribution in [1.29, 1.82) is 0 Å². The highest BCUT2D eigenvalue weighted by Crippen LogP contribution is 2.41. The molecule has 1 atom stereocenters. The molecule has 0 aromatic heterocycles. The predicted molar refractivity (Wildman–Crippen MR) is 118 cm³/mol. The molecule has 29 heavy (non-hydrogen) atoms. The number of ether oxygens (including phenoxy) is 3. The normalized spacial score (nSPS) is 25.8. The van der Waals surface area contributed by atoms with E-state index in [0.717, 1.165) is 63.1 Å². The minimum atomic E-state index is 0.00142. The first-order chi connectivity index (χ1) is 14.1. The van der Waals surface area contributed by atoms with E-state index in [0.29, 0.717) is 6.79 Å². The van der Waals surface area contributed by atoms with Crippen molar-refractivity contribution in [3.8, 4) is 11.5 Å². The number of aliphatic imine (C=N–C) groups is 1. The molecule has 2 N–H and O–H groups in total. The molecule has 7 heteroatoms. The van der Waals surface area contributed by atoms with Gasteiger partial charge in [0.25, 0.3) is 0 Å². The summed E-state index contributed by atoms with van der Waals surface area (Å²) < 4.78 is 17.1. The van der Waals surface area contributed by atoms with Crippen molar-refractivity contribution < 1.29 is 14.2 Å². The Bertz CT molecular complexity index is 728. The molecule has 160 valence electrons. The van der Waals surface area contributed by atoms with E-state index in [-0.39, 0.29) is 10.2 Å². The fourth-order valence-electron chi connectivity index (χ4n) is 4.36. The Labute approximate surface area is 178 Å². The molecule has 4 rings (SSSR count). The zero-order chi connectivity index (χ0) is 20.2. The van der Waals surface area contributed by atoms with E-state index in [4.69, 9.17) is 19.2 Å². The second-order valence-electron chi connectivity index (χ2n) is 8.41. The number of thioether (sulfide) groups is 1. The molecule has 0 saturated carbocycles. The van der Waals surface area contributed by atoms with Crippen molar-refractivity contribution in [3.05, 3.63) is 23.8 Å². The van der Waals surface area contributed by atoms with Gasteiger partial charge in [0.15, 0.2) is 17.5 Å². The van der Waals surface area contributed by atoms with Crippen LogP contribution in [0.1, 0.15) is 45.1 Å². The molecule has 1 aromatic carbocycles. The molecule has 1 unspecified atom stereocenters. The van der Waals surface area contributed by atoms with Crippen molar-refractivity contribution in [3.63, 3.8) is 0 Å². The quantitative estimate of drug-likeness (QED) is 0.545. The molecular formula is C22H33N3O3S. The molecule has 0 aliphatic carbocycles. The first kappa shape index (κ1) is 20.7. The van der Waals surface area contributed by atoms with E-state index in [2.05, 4.69) is 48.4 Å². The third-order valence-corrected chi connectivity index (χ3v) is 7.77. The van der Waals surface area contributed by atoms with Gasteiger partial charge >= 0.3 is 0 Å². The summed E-state index contributed by atoms with van der Waals surface area (Å²) in [5.74, 6) is 3.84. The minimum absolute atomic E-state index is 0.00142. The number of nitrogens with one attached hydrogen (secondary N) is 2. The van der Waals surface area contributed by atoms with Crippen LogP contribution in [-0.2, 0) is 10.2 Å². The van der Waals surface area contributed by atoms with Crippen molar-refractivity contribution >= 4 is 17.7 Å². The Morgan fingerprint density at radius 1 is 1.14 bits per heavy atom. The largest absolute Gasteiger partial charge is 0.454 e. The smallest absolute Gasteiger partial charge is 0.231 e. The van der Waals surface area contributed by atoms with Crippen LogP contribution in [0, 0.1) is 0 Å². The van der Waals surface area contributed by atoms with Crippen molar-refractivity contribution in [2.24, 2.45) is 4.99 Å². The number of fused-ring (bicyclic) bond motifs is 1. The maximum Gasteiger partial charge on any atom is 0.231 e. The maximum absolute atomic E-state index is 5.69. The number of benzene rings is 1. The second-order valence-corrected chi connectivity index (χ2v) is 10.1. The van der Waals surface area contributed by atoms with Gasteiger partial charge in [0.1, 0.15) is 0 Å². The molecule has 0 amide bonds. The molecular weight excluding hydrogens is 386 g/mol. The van der Waals surface area contributed by atoms with Gasteiger partial charge in [-0.2, -0.15) is 11.8 Å². The Morgan fingerprint density at radius 2 is 1.97 bits per heavy atom. The molecule has 3 aliphatic rings.